The quantitative estimate of drug-likeness (QED) is 0.516. The van der Waals surface area contributed by atoms with Crippen molar-refractivity contribution < 1.29 is 18.3 Å². The molecule has 9 nitrogen and oxygen atoms in total. The van der Waals surface area contributed by atoms with Crippen molar-refractivity contribution in [1.29, 1.82) is 0 Å². The summed E-state index contributed by atoms with van der Waals surface area (Å²) in [5.74, 6) is 1.88. The highest BCUT2D eigenvalue weighted by atomic mass is 32.2. The molecule has 5 rings (SSSR count). The number of aliphatic hydroxyl groups is 1. The van der Waals surface area contributed by atoms with Crippen molar-refractivity contribution in [2.45, 2.75) is 70.6 Å². The van der Waals surface area contributed by atoms with Crippen LogP contribution in [0, 0.1) is 18.8 Å². The van der Waals surface area contributed by atoms with Crippen LogP contribution in [-0.4, -0.2) is 79.8 Å². The molecule has 1 aliphatic carbocycles. The Balaban J connectivity index is 1.18. The molecule has 2 saturated heterocycles. The molecule has 1 aromatic carbocycles. The van der Waals surface area contributed by atoms with Gasteiger partial charge in [0.25, 0.3) is 5.91 Å². The lowest BCUT2D eigenvalue weighted by atomic mass is 9.82. The molecule has 204 valence electrons. The molecule has 1 atom stereocenters. The normalized spacial score (nSPS) is 28.8. The van der Waals surface area contributed by atoms with Crippen molar-refractivity contribution in [1.82, 2.24) is 14.9 Å². The highest BCUT2D eigenvalue weighted by Gasteiger charge is 2.48. The molecule has 0 bridgehead atoms. The number of aliphatic hydroxyl groups excluding tert-OH is 1. The Kier molecular flexibility index (Phi) is 7.64. The third kappa shape index (κ3) is 5.57. The second-order valence-corrected chi connectivity index (χ2v) is 13.5. The Labute approximate surface area is 220 Å². The number of aryl methyl sites for hydroxylation is 2. The fourth-order valence-corrected chi connectivity index (χ4v) is 7.72. The number of hydrogen-bond donors (Lipinski definition) is 3. The fourth-order valence-electron chi connectivity index (χ4n) is 6.24. The third-order valence-corrected chi connectivity index (χ3v) is 10.7. The van der Waals surface area contributed by atoms with E-state index in [4.69, 9.17) is 4.99 Å². The van der Waals surface area contributed by atoms with Crippen LogP contribution in [0.5, 0.6) is 0 Å². The first-order valence-corrected chi connectivity index (χ1v) is 15.4. The highest BCUT2D eigenvalue weighted by Crippen LogP contribution is 2.36. The largest absolute Gasteiger partial charge is 0.372 e. The van der Waals surface area contributed by atoms with Crippen LogP contribution in [0.1, 0.15) is 56.6 Å². The van der Waals surface area contributed by atoms with Gasteiger partial charge in [0.15, 0.2) is 0 Å². The minimum absolute atomic E-state index is 0.0391. The molecular formula is C27H41N5O4S. The van der Waals surface area contributed by atoms with E-state index in [1.54, 1.807) is 4.31 Å². The van der Waals surface area contributed by atoms with Gasteiger partial charge in [-0.2, -0.15) is 0 Å². The SMILES string of the molecule is Cc1cc(N2CCNCC2O)ccc1CCS(=O)(=O)N1CCC2(CC1)N=C(C1CCC(C)CC1)NC2=O. The van der Waals surface area contributed by atoms with E-state index in [9.17, 15) is 18.3 Å². The molecule has 1 unspecified atom stereocenters. The number of hydrogen-bond acceptors (Lipinski definition) is 7. The second kappa shape index (κ2) is 10.6. The van der Waals surface area contributed by atoms with Gasteiger partial charge in [-0.25, -0.2) is 12.7 Å². The summed E-state index contributed by atoms with van der Waals surface area (Å²) in [7, 11) is -3.45. The van der Waals surface area contributed by atoms with E-state index >= 15 is 0 Å². The van der Waals surface area contributed by atoms with Crippen molar-refractivity contribution in [3.63, 3.8) is 0 Å². The smallest absolute Gasteiger partial charge is 0.253 e. The molecule has 0 radical (unpaired) electrons. The average Bonchev–Trinajstić information content (AvgIpc) is 3.19. The maximum atomic E-state index is 13.2. The van der Waals surface area contributed by atoms with Crippen LogP contribution in [0.2, 0.25) is 0 Å². The van der Waals surface area contributed by atoms with Gasteiger partial charge in [-0.1, -0.05) is 25.8 Å². The number of nitrogens with zero attached hydrogens (tertiary/aromatic N) is 3. The Hall–Kier alpha value is -2.01. The molecule has 3 aliphatic heterocycles. The van der Waals surface area contributed by atoms with Crippen LogP contribution in [0.3, 0.4) is 0 Å². The van der Waals surface area contributed by atoms with Crippen LogP contribution >= 0.6 is 0 Å². The molecular weight excluding hydrogens is 490 g/mol. The van der Waals surface area contributed by atoms with Crippen LogP contribution in [0.4, 0.5) is 5.69 Å². The van der Waals surface area contributed by atoms with Crippen molar-refractivity contribution in [3.8, 4) is 0 Å². The first kappa shape index (κ1) is 26.6. The predicted octanol–water partition coefficient (Wildman–Crippen LogP) is 1.78. The Bertz CT molecular complexity index is 1140. The van der Waals surface area contributed by atoms with E-state index in [1.165, 1.54) is 12.8 Å². The number of sulfonamides is 1. The lowest BCUT2D eigenvalue weighted by Crippen LogP contribution is -2.51. The number of anilines is 1. The zero-order valence-corrected chi connectivity index (χ0v) is 22.9. The van der Waals surface area contributed by atoms with E-state index in [1.807, 2.05) is 30.0 Å². The molecule has 3 heterocycles. The maximum Gasteiger partial charge on any atom is 0.253 e. The van der Waals surface area contributed by atoms with E-state index in [0.717, 1.165) is 54.5 Å². The van der Waals surface area contributed by atoms with Gasteiger partial charge in [-0.3, -0.25) is 9.79 Å². The van der Waals surface area contributed by atoms with Crippen LogP contribution in [0.25, 0.3) is 0 Å². The maximum absolute atomic E-state index is 13.2. The molecule has 4 aliphatic rings. The van der Waals surface area contributed by atoms with Crippen LogP contribution in [-0.2, 0) is 21.2 Å². The van der Waals surface area contributed by atoms with E-state index in [-0.39, 0.29) is 11.7 Å². The number of piperazine rings is 1. The molecule has 10 heteroatoms. The molecule has 1 amide bonds. The van der Waals surface area contributed by atoms with E-state index in [0.29, 0.717) is 44.8 Å². The number of benzene rings is 1. The zero-order chi connectivity index (χ0) is 26.2. The number of amidine groups is 1. The average molecular weight is 532 g/mol. The number of piperidine rings is 1. The summed E-state index contributed by atoms with van der Waals surface area (Å²) >= 11 is 0. The van der Waals surface area contributed by atoms with Crippen molar-refractivity contribution in [3.05, 3.63) is 29.3 Å². The summed E-state index contributed by atoms with van der Waals surface area (Å²) in [6.45, 7) is 7.00. The van der Waals surface area contributed by atoms with Crippen molar-refractivity contribution >= 4 is 27.5 Å². The van der Waals surface area contributed by atoms with Gasteiger partial charge < -0.3 is 20.6 Å². The lowest BCUT2D eigenvalue weighted by molar-refractivity contribution is -0.125. The number of rotatable bonds is 6. The molecule has 0 aromatic heterocycles. The molecule has 1 spiro atoms. The number of β-amino-alcohol motifs (C(OH)–C–C–N with tert-alkyl or cyclic N) is 1. The molecule has 3 N–H and O–H groups in total. The first-order valence-electron chi connectivity index (χ1n) is 13.8. The summed E-state index contributed by atoms with van der Waals surface area (Å²) in [5.41, 5.74) is 2.18. The van der Waals surface area contributed by atoms with Gasteiger partial charge in [0, 0.05) is 44.3 Å². The Morgan fingerprint density at radius 3 is 2.54 bits per heavy atom. The number of amides is 1. The van der Waals surface area contributed by atoms with Crippen LogP contribution in [0.15, 0.2) is 23.2 Å². The number of carbonyl (C=O) groups is 1. The summed E-state index contributed by atoms with van der Waals surface area (Å²) < 4.78 is 27.9. The predicted molar refractivity (Wildman–Crippen MR) is 145 cm³/mol. The fraction of sp³-hybridized carbons (Fsp3) is 0.704. The van der Waals surface area contributed by atoms with Crippen LogP contribution < -0.4 is 15.5 Å². The summed E-state index contributed by atoms with van der Waals surface area (Å²) in [5, 5.41) is 16.5. The standard InChI is InChI=1S/C27H41N5O4S/c1-19-3-5-22(6-4-19)25-29-26(34)27(30-25)10-13-31(14-11-27)37(35,36)16-9-21-7-8-23(17-20(21)2)32-15-12-28-18-24(32)33/h7-8,17,19,22,24,28,33H,3-6,9-16,18H2,1-2H3,(H,29,30,34). The summed E-state index contributed by atoms with van der Waals surface area (Å²) in [4.78, 5) is 19.8. The minimum Gasteiger partial charge on any atom is -0.372 e. The number of aliphatic imine (C=N–C) groups is 1. The van der Waals surface area contributed by atoms with Gasteiger partial charge in [-0.05, 0) is 68.2 Å². The number of nitrogens with one attached hydrogen (secondary N) is 2. The zero-order valence-electron chi connectivity index (χ0n) is 22.1. The Morgan fingerprint density at radius 1 is 1.14 bits per heavy atom. The molecule has 1 saturated carbocycles. The van der Waals surface area contributed by atoms with Gasteiger partial charge >= 0.3 is 0 Å². The highest BCUT2D eigenvalue weighted by molar-refractivity contribution is 7.89. The topological polar surface area (TPSA) is 114 Å². The monoisotopic (exact) mass is 531 g/mol. The third-order valence-electron chi connectivity index (χ3n) is 8.85. The second-order valence-electron chi connectivity index (χ2n) is 11.4. The lowest BCUT2D eigenvalue weighted by Gasteiger charge is -2.35. The Morgan fingerprint density at radius 2 is 1.86 bits per heavy atom. The van der Waals surface area contributed by atoms with Gasteiger partial charge in [0.2, 0.25) is 10.0 Å². The van der Waals surface area contributed by atoms with Gasteiger partial charge in [0.05, 0.1) is 5.75 Å². The molecule has 1 aromatic rings. The number of carbonyl (C=O) groups excluding carboxylic acids is 1. The molecule has 37 heavy (non-hydrogen) atoms. The van der Waals surface area contributed by atoms with Gasteiger partial charge in [-0.15, -0.1) is 0 Å². The summed E-state index contributed by atoms with van der Waals surface area (Å²) in [6, 6.07) is 5.98. The molecule has 3 fully saturated rings. The van der Waals surface area contributed by atoms with Crippen molar-refractivity contribution in [2.75, 3.05) is 43.4 Å². The first-order chi connectivity index (χ1) is 17.7. The van der Waals surface area contributed by atoms with E-state index in [2.05, 4.69) is 17.6 Å². The summed E-state index contributed by atoms with van der Waals surface area (Å²) in [6.07, 6.45) is 5.20. The minimum atomic E-state index is -3.45. The van der Waals surface area contributed by atoms with Crippen molar-refractivity contribution in [2.24, 2.45) is 16.8 Å². The van der Waals surface area contributed by atoms with Gasteiger partial charge in [0.1, 0.15) is 17.6 Å². The van der Waals surface area contributed by atoms with E-state index < -0.39 is 21.8 Å².